The minimum Gasteiger partial charge on any atom is -0.497 e. The van der Waals surface area contributed by atoms with Gasteiger partial charge in [0.05, 0.1) is 19.4 Å². The summed E-state index contributed by atoms with van der Waals surface area (Å²) in [6.07, 6.45) is 1.76. The summed E-state index contributed by atoms with van der Waals surface area (Å²) in [5.74, 6) is 0.371. The first-order valence-corrected chi connectivity index (χ1v) is 10.5. The van der Waals surface area contributed by atoms with E-state index in [4.69, 9.17) is 4.74 Å². The lowest BCUT2D eigenvalue weighted by Gasteiger charge is -2.28. The second-order valence-electron chi connectivity index (χ2n) is 6.34. The van der Waals surface area contributed by atoms with Crippen molar-refractivity contribution in [1.29, 1.82) is 0 Å². The van der Waals surface area contributed by atoms with Crippen LogP contribution in [0.25, 0.3) is 0 Å². The molecule has 0 heterocycles. The number of carbonyl (C=O) groups is 1. The highest BCUT2D eigenvalue weighted by Gasteiger charge is 2.31. The Labute approximate surface area is 161 Å². The Balaban J connectivity index is 2.30. The standard InChI is InChI=1S/C20H26N2O4S/c1-5-18(15-11-13-17(26-3)14-12-15)21-20(23)19(22(2)27(4,24)25)16-9-7-6-8-10-16/h6-14,18-19H,5H2,1-4H3,(H,21,23)/t18-,19+/m1/s1. The summed E-state index contributed by atoms with van der Waals surface area (Å²) in [5.41, 5.74) is 1.55. The fourth-order valence-corrected chi connectivity index (χ4v) is 3.46. The average Bonchev–Trinajstić information content (AvgIpc) is 2.66. The predicted octanol–water partition coefficient (Wildman–Crippen LogP) is 2.90. The summed E-state index contributed by atoms with van der Waals surface area (Å²) >= 11 is 0. The monoisotopic (exact) mass is 390 g/mol. The van der Waals surface area contributed by atoms with Crippen LogP contribution in [0, 0.1) is 0 Å². The number of benzene rings is 2. The van der Waals surface area contributed by atoms with E-state index in [0.717, 1.165) is 21.9 Å². The number of rotatable bonds is 8. The number of ether oxygens (including phenoxy) is 1. The van der Waals surface area contributed by atoms with Crippen molar-refractivity contribution in [3.8, 4) is 5.75 Å². The Bertz CT molecular complexity index is 851. The van der Waals surface area contributed by atoms with Gasteiger partial charge in [0.2, 0.25) is 15.9 Å². The van der Waals surface area contributed by atoms with Gasteiger partial charge in [0.25, 0.3) is 0 Å². The van der Waals surface area contributed by atoms with E-state index in [1.807, 2.05) is 37.3 Å². The van der Waals surface area contributed by atoms with Crippen molar-refractivity contribution in [3.63, 3.8) is 0 Å². The van der Waals surface area contributed by atoms with Gasteiger partial charge in [0.1, 0.15) is 11.8 Å². The van der Waals surface area contributed by atoms with Crippen molar-refractivity contribution in [3.05, 3.63) is 65.7 Å². The van der Waals surface area contributed by atoms with E-state index >= 15 is 0 Å². The Morgan fingerprint density at radius 1 is 1.07 bits per heavy atom. The number of carbonyl (C=O) groups excluding carboxylic acids is 1. The molecule has 0 aliphatic heterocycles. The van der Waals surface area contributed by atoms with Gasteiger partial charge in [0, 0.05) is 7.05 Å². The molecular formula is C20H26N2O4S. The lowest BCUT2D eigenvalue weighted by molar-refractivity contribution is -0.125. The van der Waals surface area contributed by atoms with Crippen molar-refractivity contribution in [1.82, 2.24) is 9.62 Å². The van der Waals surface area contributed by atoms with Crippen molar-refractivity contribution < 1.29 is 17.9 Å². The molecule has 2 rings (SSSR count). The lowest BCUT2D eigenvalue weighted by atomic mass is 10.0. The summed E-state index contributed by atoms with van der Waals surface area (Å²) in [5, 5.41) is 2.99. The van der Waals surface area contributed by atoms with Crippen molar-refractivity contribution in [2.24, 2.45) is 0 Å². The number of sulfonamides is 1. The summed E-state index contributed by atoms with van der Waals surface area (Å²) in [7, 11) is -0.541. The van der Waals surface area contributed by atoms with Crippen LogP contribution in [0.15, 0.2) is 54.6 Å². The van der Waals surface area contributed by atoms with Gasteiger partial charge in [-0.15, -0.1) is 0 Å². The number of nitrogens with zero attached hydrogens (tertiary/aromatic N) is 1. The minimum absolute atomic E-state index is 0.234. The molecule has 2 aromatic carbocycles. The zero-order valence-corrected chi connectivity index (χ0v) is 16.9. The van der Waals surface area contributed by atoms with Crippen LogP contribution in [-0.2, 0) is 14.8 Å². The largest absolute Gasteiger partial charge is 0.497 e. The van der Waals surface area contributed by atoms with Gasteiger partial charge >= 0.3 is 0 Å². The third-order valence-electron chi connectivity index (χ3n) is 4.49. The summed E-state index contributed by atoms with van der Waals surface area (Å²) in [6, 6.07) is 15.2. The third-order valence-corrected chi connectivity index (χ3v) is 5.75. The zero-order valence-electron chi connectivity index (χ0n) is 16.0. The maximum atomic E-state index is 13.1. The van der Waals surface area contributed by atoms with Crippen molar-refractivity contribution in [2.45, 2.75) is 25.4 Å². The highest BCUT2D eigenvalue weighted by atomic mass is 32.2. The van der Waals surface area contributed by atoms with E-state index in [9.17, 15) is 13.2 Å². The Morgan fingerprint density at radius 2 is 1.67 bits per heavy atom. The molecule has 6 nitrogen and oxygen atoms in total. The highest BCUT2D eigenvalue weighted by Crippen LogP contribution is 2.25. The third kappa shape index (κ3) is 5.30. The quantitative estimate of drug-likeness (QED) is 0.752. The number of amides is 1. The molecule has 2 atom stereocenters. The number of hydrogen-bond donors (Lipinski definition) is 1. The first-order valence-electron chi connectivity index (χ1n) is 8.70. The molecule has 0 spiro atoms. The first kappa shape index (κ1) is 20.9. The number of nitrogens with one attached hydrogen (secondary N) is 1. The highest BCUT2D eigenvalue weighted by molar-refractivity contribution is 7.88. The summed E-state index contributed by atoms with van der Waals surface area (Å²) in [6.45, 7) is 1.97. The van der Waals surface area contributed by atoms with E-state index in [0.29, 0.717) is 12.0 Å². The van der Waals surface area contributed by atoms with Gasteiger partial charge in [-0.25, -0.2) is 8.42 Å². The van der Waals surface area contributed by atoms with Crippen LogP contribution < -0.4 is 10.1 Å². The van der Waals surface area contributed by atoms with Gasteiger partial charge in [-0.1, -0.05) is 49.4 Å². The molecule has 0 saturated heterocycles. The van der Waals surface area contributed by atoms with Gasteiger partial charge in [0.15, 0.2) is 0 Å². The number of hydrogen-bond acceptors (Lipinski definition) is 4. The van der Waals surface area contributed by atoms with Crippen LogP contribution in [0.1, 0.15) is 36.6 Å². The molecule has 1 amide bonds. The molecule has 0 aliphatic carbocycles. The molecule has 146 valence electrons. The van der Waals surface area contributed by atoms with Crippen LogP contribution in [-0.4, -0.2) is 39.0 Å². The van der Waals surface area contributed by atoms with Crippen molar-refractivity contribution in [2.75, 3.05) is 20.4 Å². The Hall–Kier alpha value is -2.38. The SMILES string of the molecule is CC[C@@H](NC(=O)[C@H](c1ccccc1)N(C)S(C)(=O)=O)c1ccc(OC)cc1. The maximum absolute atomic E-state index is 13.1. The molecule has 1 N–H and O–H groups in total. The molecule has 0 fully saturated rings. The zero-order chi connectivity index (χ0) is 20.0. The molecule has 2 aromatic rings. The van der Waals surface area contributed by atoms with Crippen LogP contribution >= 0.6 is 0 Å². The molecule has 0 unspecified atom stereocenters. The minimum atomic E-state index is -3.56. The fourth-order valence-electron chi connectivity index (χ4n) is 2.86. The number of methoxy groups -OCH3 is 1. The molecule has 0 aliphatic rings. The topological polar surface area (TPSA) is 75.7 Å². The molecule has 7 heteroatoms. The second kappa shape index (κ2) is 9.01. The van der Waals surface area contributed by atoms with Crippen LogP contribution in [0.5, 0.6) is 5.75 Å². The predicted molar refractivity (Wildman–Crippen MR) is 106 cm³/mol. The van der Waals surface area contributed by atoms with Gasteiger partial charge in [-0.2, -0.15) is 4.31 Å². The van der Waals surface area contributed by atoms with Crippen LogP contribution in [0.4, 0.5) is 0 Å². The molecule has 0 aromatic heterocycles. The normalized spacial score (nSPS) is 13.8. The smallest absolute Gasteiger partial charge is 0.243 e. The van der Waals surface area contributed by atoms with E-state index in [2.05, 4.69) is 5.32 Å². The van der Waals surface area contributed by atoms with E-state index in [-0.39, 0.29) is 11.9 Å². The molecule has 0 saturated carbocycles. The maximum Gasteiger partial charge on any atom is 0.243 e. The first-order chi connectivity index (χ1) is 12.8. The van der Waals surface area contributed by atoms with Crippen molar-refractivity contribution >= 4 is 15.9 Å². The van der Waals surface area contributed by atoms with E-state index in [1.54, 1.807) is 31.4 Å². The Kier molecular flexibility index (Phi) is 6.98. The average molecular weight is 391 g/mol. The van der Waals surface area contributed by atoms with Crippen LogP contribution in [0.2, 0.25) is 0 Å². The summed E-state index contributed by atoms with van der Waals surface area (Å²) < 4.78 is 30.4. The second-order valence-corrected chi connectivity index (χ2v) is 8.38. The molecule has 0 radical (unpaired) electrons. The lowest BCUT2D eigenvalue weighted by Crippen LogP contribution is -2.42. The van der Waals surface area contributed by atoms with Crippen LogP contribution in [0.3, 0.4) is 0 Å². The van der Waals surface area contributed by atoms with Gasteiger partial charge in [-0.3, -0.25) is 4.79 Å². The van der Waals surface area contributed by atoms with E-state index < -0.39 is 16.1 Å². The Morgan fingerprint density at radius 3 is 2.15 bits per heavy atom. The summed E-state index contributed by atoms with van der Waals surface area (Å²) in [4.78, 5) is 13.1. The van der Waals surface area contributed by atoms with Gasteiger partial charge < -0.3 is 10.1 Å². The number of likely N-dealkylation sites (N-methyl/N-ethyl adjacent to an activating group) is 1. The molecule has 27 heavy (non-hydrogen) atoms. The van der Waals surface area contributed by atoms with Gasteiger partial charge in [-0.05, 0) is 29.7 Å². The van der Waals surface area contributed by atoms with E-state index in [1.165, 1.54) is 7.05 Å². The fraction of sp³-hybridized carbons (Fsp3) is 0.350. The molecular weight excluding hydrogens is 364 g/mol. The molecule has 0 bridgehead atoms.